The van der Waals surface area contributed by atoms with Crippen LogP contribution >= 0.6 is 0 Å². The van der Waals surface area contributed by atoms with Crippen molar-refractivity contribution >= 4 is 34.2 Å². The second-order valence-electron chi connectivity index (χ2n) is 8.32. The second kappa shape index (κ2) is 7.75. The summed E-state index contributed by atoms with van der Waals surface area (Å²) in [5, 5.41) is 8.20. The number of alkyl halides is 3. The van der Waals surface area contributed by atoms with Gasteiger partial charge in [0.05, 0.1) is 29.3 Å². The Morgan fingerprint density at radius 2 is 2.09 bits per heavy atom. The number of likely N-dealkylation sites (tertiary alicyclic amines) is 1. The van der Waals surface area contributed by atoms with Gasteiger partial charge in [0.25, 0.3) is 5.91 Å². The summed E-state index contributed by atoms with van der Waals surface area (Å²) in [6.45, 7) is -0.169. The van der Waals surface area contributed by atoms with Crippen LogP contribution in [0.2, 0.25) is 0 Å². The van der Waals surface area contributed by atoms with Gasteiger partial charge in [0.2, 0.25) is 5.91 Å². The average molecular weight is 458 g/mol. The number of carbonyl (C=O) groups excluding carboxylic acids is 2. The van der Waals surface area contributed by atoms with E-state index in [1.54, 1.807) is 42.3 Å². The van der Waals surface area contributed by atoms with Crippen molar-refractivity contribution in [1.82, 2.24) is 24.6 Å². The zero-order valence-electron chi connectivity index (χ0n) is 17.8. The summed E-state index contributed by atoms with van der Waals surface area (Å²) in [6.07, 6.45) is -0.951. The number of hydrogen-bond donors (Lipinski definition) is 1. The van der Waals surface area contributed by atoms with E-state index >= 15 is 0 Å². The maximum atomic E-state index is 13.2. The Kier molecular flexibility index (Phi) is 4.98. The normalized spacial score (nSPS) is 18.3. The fraction of sp³-hybridized carbons (Fsp3) is 0.364. The summed E-state index contributed by atoms with van der Waals surface area (Å²) < 4.78 is 41.4. The molecule has 3 aromatic rings. The van der Waals surface area contributed by atoms with Crippen LogP contribution in [0, 0.1) is 0 Å². The first-order valence-corrected chi connectivity index (χ1v) is 10.5. The number of carbonyl (C=O) groups is 2. The highest BCUT2D eigenvalue weighted by Gasteiger charge is 2.48. The van der Waals surface area contributed by atoms with Gasteiger partial charge < -0.3 is 15.1 Å². The molecule has 1 N–H and O–H groups in total. The Bertz CT molecular complexity index is 1250. The largest absolute Gasteiger partial charge is 0.408 e. The molecule has 1 atom stereocenters. The molecule has 2 aromatic heterocycles. The number of nitrogens with zero attached hydrogens (tertiary/aromatic N) is 5. The quantitative estimate of drug-likeness (QED) is 0.649. The summed E-state index contributed by atoms with van der Waals surface area (Å²) in [7, 11) is 1.79. The van der Waals surface area contributed by atoms with Crippen LogP contribution in [0.15, 0.2) is 36.7 Å². The van der Waals surface area contributed by atoms with E-state index in [1.165, 1.54) is 4.90 Å². The van der Waals surface area contributed by atoms with Crippen molar-refractivity contribution in [2.45, 2.75) is 31.6 Å². The minimum Gasteiger partial charge on any atom is -0.354 e. The van der Waals surface area contributed by atoms with Gasteiger partial charge in [-0.2, -0.15) is 18.3 Å². The fourth-order valence-corrected chi connectivity index (χ4v) is 4.58. The zero-order chi connectivity index (χ0) is 23.3. The van der Waals surface area contributed by atoms with Crippen LogP contribution in [0.5, 0.6) is 0 Å². The fourth-order valence-electron chi connectivity index (χ4n) is 4.58. The van der Waals surface area contributed by atoms with Crippen molar-refractivity contribution in [2.75, 3.05) is 18.4 Å². The van der Waals surface area contributed by atoms with Crippen LogP contribution in [0.1, 0.15) is 28.8 Å². The van der Waals surface area contributed by atoms with Crippen LogP contribution in [-0.4, -0.2) is 61.7 Å². The number of benzene rings is 1. The van der Waals surface area contributed by atoms with Crippen molar-refractivity contribution in [3.05, 3.63) is 47.8 Å². The van der Waals surface area contributed by atoms with Gasteiger partial charge in [-0.3, -0.25) is 14.3 Å². The Balaban J connectivity index is 1.34. The van der Waals surface area contributed by atoms with Gasteiger partial charge in [-0.1, -0.05) is 12.1 Å². The highest BCUT2D eigenvalue weighted by molar-refractivity contribution is 6.05. The van der Waals surface area contributed by atoms with E-state index < -0.39 is 18.1 Å². The third-order valence-corrected chi connectivity index (χ3v) is 6.14. The van der Waals surface area contributed by atoms with Crippen molar-refractivity contribution in [2.24, 2.45) is 7.05 Å². The van der Waals surface area contributed by atoms with Gasteiger partial charge in [0, 0.05) is 25.5 Å². The number of amides is 2. The van der Waals surface area contributed by atoms with Crippen LogP contribution in [0.4, 0.5) is 24.5 Å². The smallest absolute Gasteiger partial charge is 0.354 e. The van der Waals surface area contributed by atoms with Gasteiger partial charge >= 0.3 is 6.18 Å². The monoisotopic (exact) mass is 458 g/mol. The molecule has 0 spiro atoms. The molecule has 0 aliphatic carbocycles. The first-order valence-electron chi connectivity index (χ1n) is 10.5. The molecule has 2 aliphatic heterocycles. The Labute approximate surface area is 187 Å². The lowest BCUT2D eigenvalue weighted by atomic mass is 10.1. The molecule has 5 rings (SSSR count). The van der Waals surface area contributed by atoms with Crippen LogP contribution < -0.4 is 5.32 Å². The van der Waals surface area contributed by atoms with Gasteiger partial charge in [-0.15, -0.1) is 0 Å². The molecule has 1 aromatic carbocycles. The number of halogens is 3. The van der Waals surface area contributed by atoms with E-state index in [0.717, 1.165) is 15.9 Å². The Morgan fingerprint density at radius 1 is 1.27 bits per heavy atom. The first kappa shape index (κ1) is 21.2. The van der Waals surface area contributed by atoms with Crippen molar-refractivity contribution in [3.8, 4) is 0 Å². The molecule has 1 fully saturated rings. The first-order chi connectivity index (χ1) is 15.7. The predicted octanol–water partition coefficient (Wildman–Crippen LogP) is 3.22. The summed E-state index contributed by atoms with van der Waals surface area (Å²) in [6, 6.07) is 5.39. The number of nitrogens with one attached hydrogen (secondary N) is 1. The van der Waals surface area contributed by atoms with E-state index in [4.69, 9.17) is 0 Å². The summed E-state index contributed by atoms with van der Waals surface area (Å²) in [5.74, 6) is -1.07. The minimum atomic E-state index is -4.47. The van der Waals surface area contributed by atoms with Crippen LogP contribution in [-0.2, 0) is 18.4 Å². The number of rotatable bonds is 4. The Morgan fingerprint density at radius 3 is 2.88 bits per heavy atom. The SMILES string of the molecule is Cn1ncc2cc(Nc3cccc4c3C(=O)N(CC(=O)N3CCCC3C(F)(F)F)C4)cnc21. The van der Waals surface area contributed by atoms with E-state index in [1.807, 2.05) is 6.07 Å². The molecule has 2 amide bonds. The van der Waals surface area contributed by atoms with Crippen molar-refractivity contribution in [3.63, 3.8) is 0 Å². The maximum Gasteiger partial charge on any atom is 0.408 e. The number of fused-ring (bicyclic) bond motifs is 2. The van der Waals surface area contributed by atoms with Gasteiger partial charge in [0.1, 0.15) is 12.6 Å². The zero-order valence-corrected chi connectivity index (χ0v) is 17.8. The number of hydrogen-bond acceptors (Lipinski definition) is 5. The topological polar surface area (TPSA) is 83.4 Å². The summed E-state index contributed by atoms with van der Waals surface area (Å²) in [5.41, 5.74) is 3.05. The molecule has 4 heterocycles. The molecule has 1 unspecified atom stereocenters. The highest BCUT2D eigenvalue weighted by atomic mass is 19.4. The summed E-state index contributed by atoms with van der Waals surface area (Å²) in [4.78, 5) is 32.3. The molecule has 33 heavy (non-hydrogen) atoms. The van der Waals surface area contributed by atoms with Crippen LogP contribution in [0.25, 0.3) is 11.0 Å². The number of anilines is 2. The molecule has 0 saturated carbocycles. The molecule has 8 nitrogen and oxygen atoms in total. The molecule has 2 aliphatic rings. The van der Waals surface area contributed by atoms with Crippen LogP contribution in [0.3, 0.4) is 0 Å². The third-order valence-electron chi connectivity index (χ3n) is 6.14. The van der Waals surface area contributed by atoms with E-state index in [-0.39, 0.29) is 32.0 Å². The van der Waals surface area contributed by atoms with Crippen molar-refractivity contribution < 1.29 is 22.8 Å². The predicted molar refractivity (Wildman–Crippen MR) is 114 cm³/mol. The lowest BCUT2D eigenvalue weighted by Gasteiger charge is -2.28. The van der Waals surface area contributed by atoms with Gasteiger partial charge in [0.15, 0.2) is 5.65 Å². The maximum absolute atomic E-state index is 13.2. The molecule has 1 saturated heterocycles. The van der Waals surface area contributed by atoms with E-state index in [2.05, 4.69) is 15.4 Å². The van der Waals surface area contributed by atoms with Gasteiger partial charge in [-0.25, -0.2) is 4.98 Å². The molecule has 172 valence electrons. The molecular weight excluding hydrogens is 437 g/mol. The van der Waals surface area contributed by atoms with E-state index in [0.29, 0.717) is 28.9 Å². The molecule has 11 heteroatoms. The lowest BCUT2D eigenvalue weighted by molar-refractivity contribution is -0.182. The second-order valence-corrected chi connectivity index (χ2v) is 8.32. The molecular formula is C22H21F3N6O2. The average Bonchev–Trinajstić information content (AvgIpc) is 3.47. The standard InChI is InChI=1S/C22H21F3N6O2/c1-29-20-14(9-27-29)8-15(10-26-20)28-16-5-2-4-13-11-30(21(33)19(13)16)12-18(32)31-7-3-6-17(31)22(23,24)25/h2,4-5,8-10,17,28H,3,6-7,11-12H2,1H3. The van der Waals surface area contributed by atoms with Crippen molar-refractivity contribution in [1.29, 1.82) is 0 Å². The summed E-state index contributed by atoms with van der Waals surface area (Å²) >= 11 is 0. The minimum absolute atomic E-state index is 0.0502. The van der Waals surface area contributed by atoms with Gasteiger partial charge in [-0.05, 0) is 30.5 Å². The molecule has 0 radical (unpaired) electrons. The lowest BCUT2D eigenvalue weighted by Crippen LogP contribution is -2.48. The molecule has 0 bridgehead atoms. The number of aromatic nitrogens is 3. The number of pyridine rings is 1. The number of aryl methyl sites for hydroxylation is 1. The Hall–Kier alpha value is -3.63. The third kappa shape index (κ3) is 3.77. The highest BCUT2D eigenvalue weighted by Crippen LogP contribution is 2.34. The van der Waals surface area contributed by atoms with E-state index in [9.17, 15) is 22.8 Å².